The van der Waals surface area contributed by atoms with Crippen LogP contribution < -0.4 is 4.74 Å². The molecule has 1 aliphatic carbocycles. The van der Waals surface area contributed by atoms with Crippen molar-refractivity contribution >= 4 is 28.2 Å². The number of rotatable bonds is 8. The van der Waals surface area contributed by atoms with Crippen molar-refractivity contribution in [3.8, 4) is 5.75 Å². The summed E-state index contributed by atoms with van der Waals surface area (Å²) in [6.45, 7) is 0.558. The second-order valence-electron chi connectivity index (χ2n) is 8.15. The molecule has 6 nitrogen and oxygen atoms in total. The van der Waals surface area contributed by atoms with E-state index in [0.29, 0.717) is 6.61 Å². The molecular formula is C25H25N3O3S. The van der Waals surface area contributed by atoms with Crippen LogP contribution in [-0.2, 0) is 24.1 Å². The van der Waals surface area contributed by atoms with Crippen LogP contribution in [0.5, 0.6) is 5.75 Å². The molecule has 0 aliphatic heterocycles. The standard InChI is InChI=1S/C25H25N3O3S/c29-25(30)15-23(24-6-3-13-32-24)28-22-10-9-20(14-18(22)16-26-28)31-12-11-19-8-7-17-4-1-2-5-21(17)27-19/h3,6-10,13-14,16,23H,1-2,4-5,11-12,15H2,(H,29,30). The third kappa shape index (κ3) is 4.39. The number of pyridine rings is 1. The third-order valence-corrected chi connectivity index (χ3v) is 6.94. The Bertz CT molecular complexity index is 1230. The zero-order valence-corrected chi connectivity index (χ0v) is 18.6. The van der Waals surface area contributed by atoms with Gasteiger partial charge in [0.15, 0.2) is 0 Å². The number of nitrogens with zero attached hydrogens (tertiary/aromatic N) is 3. The summed E-state index contributed by atoms with van der Waals surface area (Å²) in [5.74, 6) is -0.0660. The lowest BCUT2D eigenvalue weighted by atomic mass is 9.96. The maximum atomic E-state index is 11.4. The molecule has 7 heteroatoms. The average molecular weight is 448 g/mol. The largest absolute Gasteiger partial charge is 0.493 e. The van der Waals surface area contributed by atoms with Crippen molar-refractivity contribution in [1.82, 2.24) is 14.8 Å². The maximum absolute atomic E-state index is 11.4. The molecule has 4 aromatic rings. The molecule has 0 bridgehead atoms. The first kappa shape index (κ1) is 20.7. The van der Waals surface area contributed by atoms with E-state index >= 15 is 0 Å². The van der Waals surface area contributed by atoms with Crippen LogP contribution in [0.25, 0.3) is 10.9 Å². The summed E-state index contributed by atoms with van der Waals surface area (Å²) >= 11 is 1.55. The van der Waals surface area contributed by atoms with Gasteiger partial charge in [-0.1, -0.05) is 12.1 Å². The fourth-order valence-corrected chi connectivity index (χ4v) is 5.17. The van der Waals surface area contributed by atoms with Crippen molar-refractivity contribution in [2.75, 3.05) is 6.61 Å². The predicted octanol–water partition coefficient (Wildman–Crippen LogP) is 5.06. The van der Waals surface area contributed by atoms with Gasteiger partial charge in [-0.25, -0.2) is 0 Å². The Labute approximate surface area is 190 Å². The number of fused-ring (bicyclic) bond motifs is 2. The smallest absolute Gasteiger partial charge is 0.305 e. The molecule has 3 aromatic heterocycles. The molecule has 1 aromatic carbocycles. The number of hydrogen-bond acceptors (Lipinski definition) is 5. The molecule has 0 spiro atoms. The molecule has 0 saturated heterocycles. The summed E-state index contributed by atoms with van der Waals surface area (Å²) in [5.41, 5.74) is 4.62. The van der Waals surface area contributed by atoms with E-state index in [9.17, 15) is 9.90 Å². The summed E-state index contributed by atoms with van der Waals surface area (Å²) in [4.78, 5) is 17.2. The van der Waals surface area contributed by atoms with Crippen molar-refractivity contribution in [1.29, 1.82) is 0 Å². The van der Waals surface area contributed by atoms with Crippen molar-refractivity contribution in [2.45, 2.75) is 44.6 Å². The predicted molar refractivity (Wildman–Crippen MR) is 125 cm³/mol. The van der Waals surface area contributed by atoms with Gasteiger partial charge in [0, 0.05) is 28.1 Å². The molecule has 1 unspecified atom stereocenters. The Morgan fingerprint density at radius 3 is 2.94 bits per heavy atom. The van der Waals surface area contributed by atoms with E-state index in [1.165, 1.54) is 24.1 Å². The van der Waals surface area contributed by atoms with Gasteiger partial charge in [-0.3, -0.25) is 14.5 Å². The lowest BCUT2D eigenvalue weighted by Crippen LogP contribution is -2.15. The monoisotopic (exact) mass is 447 g/mol. The Morgan fingerprint density at radius 1 is 1.19 bits per heavy atom. The van der Waals surface area contributed by atoms with Crippen LogP contribution in [0.1, 0.15) is 47.1 Å². The Balaban J connectivity index is 1.29. The first-order valence-electron chi connectivity index (χ1n) is 11.0. The second-order valence-corrected chi connectivity index (χ2v) is 9.13. The highest BCUT2D eigenvalue weighted by Crippen LogP contribution is 2.30. The second kappa shape index (κ2) is 9.12. The van der Waals surface area contributed by atoms with E-state index in [2.05, 4.69) is 17.2 Å². The summed E-state index contributed by atoms with van der Waals surface area (Å²) in [6, 6.07) is 13.7. The first-order chi connectivity index (χ1) is 15.7. The number of benzene rings is 1. The van der Waals surface area contributed by atoms with Gasteiger partial charge in [0.1, 0.15) is 5.75 Å². The number of carbonyl (C=O) groups is 1. The van der Waals surface area contributed by atoms with E-state index < -0.39 is 5.97 Å². The quantitative estimate of drug-likeness (QED) is 0.409. The highest BCUT2D eigenvalue weighted by atomic mass is 32.1. The number of aliphatic carboxylic acids is 1. The number of aryl methyl sites for hydroxylation is 2. The summed E-state index contributed by atoms with van der Waals surface area (Å²) in [6.07, 6.45) is 7.25. The van der Waals surface area contributed by atoms with Crippen LogP contribution in [0.15, 0.2) is 54.0 Å². The molecule has 5 rings (SSSR count). The fourth-order valence-electron chi connectivity index (χ4n) is 4.36. The minimum absolute atomic E-state index is 0.0106. The zero-order valence-electron chi connectivity index (χ0n) is 17.7. The number of carboxylic acids is 1. The molecule has 1 N–H and O–H groups in total. The molecular weight excluding hydrogens is 422 g/mol. The highest BCUT2D eigenvalue weighted by Gasteiger charge is 2.21. The topological polar surface area (TPSA) is 77.2 Å². The van der Waals surface area contributed by atoms with Crippen LogP contribution in [-0.4, -0.2) is 32.4 Å². The Morgan fingerprint density at radius 2 is 2.09 bits per heavy atom. The SMILES string of the molecule is O=C(O)CC(c1cccs1)n1ncc2cc(OCCc3ccc4c(n3)CCCC4)ccc21. The molecule has 32 heavy (non-hydrogen) atoms. The van der Waals surface area contributed by atoms with Gasteiger partial charge in [0.2, 0.25) is 0 Å². The van der Waals surface area contributed by atoms with Gasteiger partial charge < -0.3 is 9.84 Å². The fraction of sp³-hybridized carbons (Fsp3) is 0.320. The third-order valence-electron chi connectivity index (χ3n) is 5.96. The molecule has 164 valence electrons. The number of ether oxygens (including phenoxy) is 1. The van der Waals surface area contributed by atoms with Gasteiger partial charge in [0.05, 0.1) is 30.8 Å². The van der Waals surface area contributed by atoms with Gasteiger partial charge in [-0.2, -0.15) is 5.10 Å². The van der Waals surface area contributed by atoms with Gasteiger partial charge in [0.25, 0.3) is 0 Å². The van der Waals surface area contributed by atoms with Gasteiger partial charge >= 0.3 is 5.97 Å². The van der Waals surface area contributed by atoms with Gasteiger partial charge in [-0.15, -0.1) is 11.3 Å². The number of hydrogen-bond donors (Lipinski definition) is 1. The number of carboxylic acid groups (broad SMARTS) is 1. The first-order valence-corrected chi connectivity index (χ1v) is 11.9. The molecule has 3 heterocycles. The molecule has 1 atom stereocenters. The Kier molecular flexibility index (Phi) is 5.90. The lowest BCUT2D eigenvalue weighted by Gasteiger charge is -2.16. The molecule has 0 amide bonds. The minimum Gasteiger partial charge on any atom is -0.493 e. The lowest BCUT2D eigenvalue weighted by molar-refractivity contribution is -0.137. The van der Waals surface area contributed by atoms with Crippen molar-refractivity contribution in [3.63, 3.8) is 0 Å². The van der Waals surface area contributed by atoms with E-state index in [-0.39, 0.29) is 12.5 Å². The highest BCUT2D eigenvalue weighted by molar-refractivity contribution is 7.10. The van der Waals surface area contributed by atoms with Crippen LogP contribution in [0.2, 0.25) is 0 Å². The molecule has 0 radical (unpaired) electrons. The van der Waals surface area contributed by atoms with Crippen molar-refractivity contribution < 1.29 is 14.6 Å². The zero-order chi connectivity index (χ0) is 21.9. The summed E-state index contributed by atoms with van der Waals surface area (Å²) < 4.78 is 7.80. The van der Waals surface area contributed by atoms with E-state index in [4.69, 9.17) is 9.72 Å². The van der Waals surface area contributed by atoms with Crippen LogP contribution >= 0.6 is 11.3 Å². The Hall–Kier alpha value is -3.19. The van der Waals surface area contributed by atoms with Crippen LogP contribution in [0.3, 0.4) is 0 Å². The maximum Gasteiger partial charge on any atom is 0.305 e. The number of thiophene rings is 1. The van der Waals surface area contributed by atoms with E-state index in [1.807, 2.05) is 35.7 Å². The van der Waals surface area contributed by atoms with Gasteiger partial charge in [-0.05, 0) is 67.0 Å². The average Bonchev–Trinajstić information content (AvgIpc) is 3.47. The van der Waals surface area contributed by atoms with Crippen molar-refractivity contribution in [3.05, 3.63) is 75.9 Å². The summed E-state index contributed by atoms with van der Waals surface area (Å²) in [7, 11) is 0. The van der Waals surface area contributed by atoms with Crippen LogP contribution in [0, 0.1) is 0 Å². The molecule has 1 aliphatic rings. The van der Waals surface area contributed by atoms with Crippen LogP contribution in [0.4, 0.5) is 0 Å². The summed E-state index contributed by atoms with van der Waals surface area (Å²) in [5, 5.41) is 16.8. The minimum atomic E-state index is -0.845. The molecule has 0 fully saturated rings. The molecule has 0 saturated carbocycles. The number of aromatic nitrogens is 3. The van der Waals surface area contributed by atoms with E-state index in [0.717, 1.165) is 46.5 Å². The normalized spacial score (nSPS) is 14.2. The van der Waals surface area contributed by atoms with Crippen molar-refractivity contribution in [2.24, 2.45) is 0 Å². The van der Waals surface area contributed by atoms with E-state index in [1.54, 1.807) is 22.2 Å².